The fourth-order valence-corrected chi connectivity index (χ4v) is 4.02. The minimum atomic E-state index is -0.156. The molecular formula is C28H28N4O4. The Kier molecular flexibility index (Phi) is 6.58. The molecule has 5 aromatic rings. The minimum absolute atomic E-state index is 0.156. The van der Waals surface area contributed by atoms with Crippen molar-refractivity contribution in [2.75, 3.05) is 13.7 Å². The molecule has 3 aromatic heterocycles. The topological polar surface area (TPSA) is 83.8 Å². The molecule has 3 heterocycles. The fraction of sp³-hybridized carbons (Fsp3) is 0.250. The van der Waals surface area contributed by atoms with Crippen LogP contribution in [0.25, 0.3) is 28.2 Å². The van der Waals surface area contributed by atoms with Crippen LogP contribution in [0.3, 0.4) is 0 Å². The summed E-state index contributed by atoms with van der Waals surface area (Å²) in [7, 11) is 1.61. The van der Waals surface area contributed by atoms with Crippen molar-refractivity contribution in [2.24, 2.45) is 0 Å². The molecule has 5 rings (SSSR count). The first-order valence-corrected chi connectivity index (χ1v) is 12.0. The summed E-state index contributed by atoms with van der Waals surface area (Å²) in [5, 5.41) is 4.59. The zero-order valence-corrected chi connectivity index (χ0v) is 20.6. The number of para-hydroxylation sites is 1. The van der Waals surface area contributed by atoms with E-state index >= 15 is 0 Å². The smallest absolute Gasteiger partial charge is 0.276 e. The van der Waals surface area contributed by atoms with Gasteiger partial charge in [0.15, 0.2) is 0 Å². The predicted octanol–water partition coefficient (Wildman–Crippen LogP) is 5.36. The molecule has 0 aliphatic heterocycles. The van der Waals surface area contributed by atoms with E-state index < -0.39 is 0 Å². The van der Waals surface area contributed by atoms with Gasteiger partial charge in [0.05, 0.1) is 31.5 Å². The highest BCUT2D eigenvalue weighted by atomic mass is 16.5. The third-order valence-corrected chi connectivity index (χ3v) is 6.07. The number of hydrogen-bond acceptors (Lipinski definition) is 6. The average Bonchev–Trinajstić information content (AvgIpc) is 3.50. The maximum Gasteiger partial charge on any atom is 0.276 e. The molecule has 36 heavy (non-hydrogen) atoms. The van der Waals surface area contributed by atoms with E-state index in [2.05, 4.69) is 17.0 Å². The maximum absolute atomic E-state index is 13.3. The summed E-state index contributed by atoms with van der Waals surface area (Å²) < 4.78 is 20.3. The van der Waals surface area contributed by atoms with Crippen molar-refractivity contribution >= 4 is 5.52 Å². The van der Waals surface area contributed by atoms with Gasteiger partial charge in [0.2, 0.25) is 5.89 Å². The number of methoxy groups -OCH3 is 1. The third kappa shape index (κ3) is 4.62. The number of rotatable bonds is 9. The van der Waals surface area contributed by atoms with E-state index in [1.807, 2.05) is 61.5 Å². The summed E-state index contributed by atoms with van der Waals surface area (Å²) >= 11 is 0. The first kappa shape index (κ1) is 23.4. The zero-order valence-electron chi connectivity index (χ0n) is 20.6. The van der Waals surface area contributed by atoms with E-state index in [0.717, 1.165) is 35.4 Å². The number of aromatic nitrogens is 4. The van der Waals surface area contributed by atoms with Crippen LogP contribution in [-0.2, 0) is 6.54 Å². The van der Waals surface area contributed by atoms with Crippen LogP contribution in [0.15, 0.2) is 76.2 Å². The van der Waals surface area contributed by atoms with Gasteiger partial charge in [-0.15, -0.1) is 0 Å². The number of benzene rings is 2. The molecular weight excluding hydrogens is 456 g/mol. The number of aryl methyl sites for hydroxylation is 1. The van der Waals surface area contributed by atoms with Crippen molar-refractivity contribution in [1.29, 1.82) is 0 Å². The minimum Gasteiger partial charge on any atom is -0.496 e. The van der Waals surface area contributed by atoms with Crippen LogP contribution < -0.4 is 15.0 Å². The van der Waals surface area contributed by atoms with E-state index in [4.69, 9.17) is 13.9 Å². The summed E-state index contributed by atoms with van der Waals surface area (Å²) in [6, 6.07) is 17.1. The Hall–Kier alpha value is -4.33. The van der Waals surface area contributed by atoms with Crippen LogP contribution in [0.5, 0.6) is 11.5 Å². The van der Waals surface area contributed by atoms with Gasteiger partial charge in [-0.2, -0.15) is 5.10 Å². The molecule has 0 unspecified atom stereocenters. The molecule has 8 nitrogen and oxygen atoms in total. The van der Waals surface area contributed by atoms with Crippen LogP contribution in [0, 0.1) is 6.92 Å². The number of hydrogen-bond donors (Lipinski definition) is 0. The first-order valence-electron chi connectivity index (χ1n) is 12.0. The van der Waals surface area contributed by atoms with Gasteiger partial charge >= 0.3 is 0 Å². The molecule has 0 fully saturated rings. The highest BCUT2D eigenvalue weighted by Crippen LogP contribution is 2.30. The maximum atomic E-state index is 13.3. The van der Waals surface area contributed by atoms with Crippen LogP contribution in [-0.4, -0.2) is 32.9 Å². The average molecular weight is 485 g/mol. The Balaban J connectivity index is 1.40. The predicted molar refractivity (Wildman–Crippen MR) is 138 cm³/mol. The number of unbranched alkanes of at least 4 members (excludes halogenated alkanes) is 1. The van der Waals surface area contributed by atoms with Gasteiger partial charge in [-0.25, -0.2) is 9.50 Å². The lowest BCUT2D eigenvalue weighted by atomic mass is 10.1. The van der Waals surface area contributed by atoms with Gasteiger partial charge in [-0.3, -0.25) is 4.79 Å². The second-order valence-electron chi connectivity index (χ2n) is 8.54. The number of nitrogens with zero attached hydrogens (tertiary/aromatic N) is 4. The Morgan fingerprint density at radius 2 is 1.86 bits per heavy atom. The van der Waals surface area contributed by atoms with E-state index in [1.165, 1.54) is 0 Å². The van der Waals surface area contributed by atoms with Crippen molar-refractivity contribution in [3.05, 3.63) is 88.8 Å². The molecule has 0 N–H and O–H groups in total. The monoisotopic (exact) mass is 484 g/mol. The van der Waals surface area contributed by atoms with Crippen molar-refractivity contribution in [1.82, 2.24) is 19.2 Å². The Bertz CT molecular complexity index is 1550. The Labute approximate surface area is 208 Å². The number of oxazole rings is 1. The van der Waals surface area contributed by atoms with Crippen molar-refractivity contribution in [3.8, 4) is 34.2 Å². The van der Waals surface area contributed by atoms with Crippen molar-refractivity contribution in [2.45, 2.75) is 33.2 Å². The summed E-state index contributed by atoms with van der Waals surface area (Å²) in [4.78, 5) is 17.9. The van der Waals surface area contributed by atoms with Crippen LogP contribution in [0.2, 0.25) is 0 Å². The van der Waals surface area contributed by atoms with E-state index in [-0.39, 0.29) is 12.1 Å². The second kappa shape index (κ2) is 10.1. The third-order valence-electron chi connectivity index (χ3n) is 6.07. The molecule has 0 aliphatic carbocycles. The lowest BCUT2D eigenvalue weighted by Gasteiger charge is -2.05. The summed E-state index contributed by atoms with van der Waals surface area (Å²) in [5.74, 6) is 2.62. The highest BCUT2D eigenvalue weighted by Gasteiger charge is 2.17. The standard InChI is InChI=1S/C28H28N4O4/c1-4-5-16-35-21-12-10-20(11-13-21)23-17-25-28(33)31(14-15-32(25)30-23)18-24-19(2)36-27(29-24)22-8-6-7-9-26(22)34-3/h6-15,17H,4-5,16,18H2,1-3H3. The zero-order chi connectivity index (χ0) is 25.1. The Morgan fingerprint density at radius 1 is 1.06 bits per heavy atom. The molecule has 0 saturated carbocycles. The summed E-state index contributed by atoms with van der Waals surface area (Å²) in [5.41, 5.74) is 3.42. The molecule has 0 amide bonds. The van der Waals surface area contributed by atoms with E-state index in [9.17, 15) is 4.79 Å². The molecule has 0 saturated heterocycles. The van der Waals surface area contributed by atoms with Crippen molar-refractivity contribution in [3.63, 3.8) is 0 Å². The van der Waals surface area contributed by atoms with Gasteiger partial charge in [0, 0.05) is 18.0 Å². The molecule has 0 radical (unpaired) electrons. The lowest BCUT2D eigenvalue weighted by Crippen LogP contribution is -2.22. The first-order chi connectivity index (χ1) is 17.6. The number of fused-ring (bicyclic) bond motifs is 1. The van der Waals surface area contributed by atoms with Crippen LogP contribution >= 0.6 is 0 Å². The fourth-order valence-electron chi connectivity index (χ4n) is 4.02. The van der Waals surface area contributed by atoms with Crippen molar-refractivity contribution < 1.29 is 13.9 Å². The quantitative estimate of drug-likeness (QED) is 0.262. The highest BCUT2D eigenvalue weighted by molar-refractivity contribution is 5.66. The molecule has 8 heteroatoms. The molecule has 0 bridgehead atoms. The van der Waals surface area contributed by atoms with Crippen LogP contribution in [0.1, 0.15) is 31.2 Å². The van der Waals surface area contributed by atoms with Gasteiger partial charge in [0.1, 0.15) is 28.5 Å². The van der Waals surface area contributed by atoms with E-state index in [1.54, 1.807) is 28.6 Å². The second-order valence-corrected chi connectivity index (χ2v) is 8.54. The molecule has 0 aliphatic rings. The van der Waals surface area contributed by atoms with Gasteiger partial charge in [-0.05, 0) is 55.8 Å². The summed E-state index contributed by atoms with van der Waals surface area (Å²) in [6.45, 7) is 4.96. The molecule has 0 spiro atoms. The van der Waals surface area contributed by atoms with Crippen LogP contribution in [0.4, 0.5) is 0 Å². The Morgan fingerprint density at radius 3 is 2.64 bits per heavy atom. The van der Waals surface area contributed by atoms with E-state index in [0.29, 0.717) is 35.2 Å². The number of ether oxygens (including phenoxy) is 2. The lowest BCUT2D eigenvalue weighted by molar-refractivity contribution is 0.309. The SMILES string of the molecule is CCCCOc1ccc(-c2cc3c(=O)n(Cc4nc(-c5ccccc5OC)oc4C)ccn3n2)cc1. The molecule has 184 valence electrons. The normalized spacial score (nSPS) is 11.2. The molecule has 2 aromatic carbocycles. The van der Waals surface area contributed by atoms with Gasteiger partial charge in [-0.1, -0.05) is 25.5 Å². The molecule has 0 atom stereocenters. The largest absolute Gasteiger partial charge is 0.496 e. The summed E-state index contributed by atoms with van der Waals surface area (Å²) in [6.07, 6.45) is 5.61. The van der Waals surface area contributed by atoms with Gasteiger partial charge in [0.25, 0.3) is 5.56 Å². The van der Waals surface area contributed by atoms with Gasteiger partial charge < -0.3 is 18.5 Å².